The minimum atomic E-state index is -0.187. The number of rotatable bonds is 5. The topological polar surface area (TPSA) is 55.6 Å². The molecule has 5 nitrogen and oxygen atoms in total. The number of aromatic nitrogens is 2. The van der Waals surface area contributed by atoms with Crippen molar-refractivity contribution < 1.29 is 9.53 Å². The number of carbonyl (C=O) groups excluding carboxylic acids is 1. The number of hydrogen-bond acceptors (Lipinski definition) is 4. The van der Waals surface area contributed by atoms with E-state index in [9.17, 15) is 4.79 Å². The highest BCUT2D eigenvalue weighted by atomic mass is 32.1. The van der Waals surface area contributed by atoms with Crippen molar-refractivity contribution in [2.24, 2.45) is 0 Å². The average molecular weight is 377 g/mol. The quantitative estimate of drug-likeness (QED) is 0.549. The average Bonchev–Trinajstić information content (AvgIpc) is 3.24. The second-order valence-corrected chi connectivity index (χ2v) is 7.23. The monoisotopic (exact) mass is 377 g/mol. The molecule has 0 atom stereocenters. The van der Waals surface area contributed by atoms with Gasteiger partial charge in [-0.2, -0.15) is 0 Å². The molecule has 2 aromatic heterocycles. The molecule has 2 aromatic carbocycles. The molecule has 0 fully saturated rings. The Morgan fingerprint density at radius 2 is 1.89 bits per heavy atom. The van der Waals surface area contributed by atoms with Crippen LogP contribution in [0.1, 0.15) is 11.1 Å². The van der Waals surface area contributed by atoms with Gasteiger partial charge in [-0.1, -0.05) is 30.3 Å². The number of aryl methyl sites for hydroxylation is 2. The molecule has 0 saturated heterocycles. The van der Waals surface area contributed by atoms with Crippen LogP contribution in [-0.2, 0) is 4.79 Å². The Morgan fingerprint density at radius 1 is 1.15 bits per heavy atom. The van der Waals surface area contributed by atoms with E-state index in [4.69, 9.17) is 4.74 Å². The van der Waals surface area contributed by atoms with Gasteiger partial charge in [0.2, 0.25) is 0 Å². The molecule has 0 unspecified atom stereocenters. The number of nitrogens with one attached hydrogen (secondary N) is 1. The molecule has 0 aliphatic heterocycles. The van der Waals surface area contributed by atoms with Crippen LogP contribution in [0.25, 0.3) is 16.2 Å². The van der Waals surface area contributed by atoms with Crippen LogP contribution >= 0.6 is 11.3 Å². The predicted molar refractivity (Wildman–Crippen MR) is 109 cm³/mol. The van der Waals surface area contributed by atoms with Gasteiger partial charge in [0, 0.05) is 29.0 Å². The minimum Gasteiger partial charge on any atom is -0.483 e. The molecule has 1 amide bonds. The van der Waals surface area contributed by atoms with E-state index in [0.717, 1.165) is 38.8 Å². The van der Waals surface area contributed by atoms with Crippen LogP contribution in [-0.4, -0.2) is 21.9 Å². The van der Waals surface area contributed by atoms with Crippen LogP contribution in [0.4, 0.5) is 5.69 Å². The van der Waals surface area contributed by atoms with E-state index in [2.05, 4.69) is 10.3 Å². The third-order valence-corrected chi connectivity index (χ3v) is 5.08. The van der Waals surface area contributed by atoms with Crippen LogP contribution in [0.3, 0.4) is 0 Å². The number of carbonyl (C=O) groups is 1. The van der Waals surface area contributed by atoms with E-state index in [-0.39, 0.29) is 12.5 Å². The summed E-state index contributed by atoms with van der Waals surface area (Å²) >= 11 is 1.60. The van der Waals surface area contributed by atoms with Crippen LogP contribution < -0.4 is 10.1 Å². The Hall–Kier alpha value is -3.12. The number of nitrogens with zero attached hydrogens (tertiary/aromatic N) is 2. The van der Waals surface area contributed by atoms with E-state index in [0.29, 0.717) is 0 Å². The van der Waals surface area contributed by atoms with Gasteiger partial charge in [-0.15, -0.1) is 11.3 Å². The second kappa shape index (κ2) is 7.25. The highest BCUT2D eigenvalue weighted by Gasteiger charge is 2.09. The lowest BCUT2D eigenvalue weighted by Crippen LogP contribution is -2.20. The van der Waals surface area contributed by atoms with Crippen molar-refractivity contribution in [3.05, 3.63) is 71.4 Å². The van der Waals surface area contributed by atoms with Gasteiger partial charge in [-0.25, -0.2) is 4.98 Å². The molecule has 0 bridgehead atoms. The summed E-state index contributed by atoms with van der Waals surface area (Å²) in [5.41, 5.74) is 4.70. The minimum absolute atomic E-state index is 0.0230. The lowest BCUT2D eigenvalue weighted by Gasteiger charge is -2.12. The van der Waals surface area contributed by atoms with Crippen molar-refractivity contribution in [2.45, 2.75) is 13.8 Å². The van der Waals surface area contributed by atoms with E-state index in [1.807, 2.05) is 78.5 Å². The third-order valence-electron chi connectivity index (χ3n) is 4.31. The first kappa shape index (κ1) is 17.3. The zero-order chi connectivity index (χ0) is 18.8. The predicted octanol–water partition coefficient (Wildman–Crippen LogP) is 4.70. The van der Waals surface area contributed by atoms with Crippen molar-refractivity contribution in [3.8, 4) is 17.0 Å². The van der Waals surface area contributed by atoms with E-state index in [1.165, 1.54) is 0 Å². The Morgan fingerprint density at radius 3 is 2.59 bits per heavy atom. The van der Waals surface area contributed by atoms with Crippen molar-refractivity contribution in [1.82, 2.24) is 9.38 Å². The molecule has 4 aromatic rings. The highest BCUT2D eigenvalue weighted by Crippen LogP contribution is 2.24. The number of benzene rings is 2. The molecule has 1 N–H and O–H groups in total. The molecule has 2 heterocycles. The molecular formula is C21H19N3O2S. The Bertz CT molecular complexity index is 1050. The van der Waals surface area contributed by atoms with Crippen molar-refractivity contribution in [1.29, 1.82) is 0 Å². The summed E-state index contributed by atoms with van der Waals surface area (Å²) in [5.74, 6) is 0.579. The number of amides is 1. The second-order valence-electron chi connectivity index (χ2n) is 6.35. The van der Waals surface area contributed by atoms with Gasteiger partial charge in [0.05, 0.1) is 5.69 Å². The first-order chi connectivity index (χ1) is 13.1. The number of hydrogen-bond donors (Lipinski definition) is 1. The summed E-state index contributed by atoms with van der Waals surface area (Å²) in [6.07, 6.45) is 3.99. The fourth-order valence-electron chi connectivity index (χ4n) is 2.95. The normalized spacial score (nSPS) is 10.9. The third kappa shape index (κ3) is 3.71. The van der Waals surface area contributed by atoms with Crippen molar-refractivity contribution >= 4 is 27.9 Å². The smallest absolute Gasteiger partial charge is 0.262 e. The molecule has 0 spiro atoms. The number of para-hydroxylation sites is 1. The fourth-order valence-corrected chi connectivity index (χ4v) is 3.65. The van der Waals surface area contributed by atoms with Crippen LogP contribution in [0.2, 0.25) is 0 Å². The van der Waals surface area contributed by atoms with Gasteiger partial charge in [0.25, 0.3) is 5.91 Å². The van der Waals surface area contributed by atoms with Crippen molar-refractivity contribution in [2.75, 3.05) is 11.9 Å². The Labute approximate surface area is 161 Å². The lowest BCUT2D eigenvalue weighted by molar-refractivity contribution is -0.118. The number of anilines is 1. The van der Waals surface area contributed by atoms with Crippen LogP contribution in [0.5, 0.6) is 5.75 Å². The van der Waals surface area contributed by atoms with Crippen LogP contribution in [0, 0.1) is 13.8 Å². The number of thiazole rings is 1. The summed E-state index contributed by atoms with van der Waals surface area (Å²) in [5, 5.41) is 4.87. The van der Waals surface area contributed by atoms with Gasteiger partial charge in [-0.3, -0.25) is 9.20 Å². The maximum Gasteiger partial charge on any atom is 0.262 e. The molecule has 0 saturated carbocycles. The molecule has 136 valence electrons. The van der Waals surface area contributed by atoms with Gasteiger partial charge in [-0.05, 0) is 37.1 Å². The standard InChI is InChI=1S/C21H19N3O2S/c1-14-4-3-5-15(2)20(14)26-13-19(25)22-17-8-6-16(7-9-17)18-12-24-10-11-27-21(24)23-18/h3-12H,13H2,1-2H3,(H,22,25). The van der Waals surface area contributed by atoms with E-state index in [1.54, 1.807) is 11.3 Å². The fraction of sp³-hybridized carbons (Fsp3) is 0.143. The van der Waals surface area contributed by atoms with Gasteiger partial charge < -0.3 is 10.1 Å². The summed E-state index contributed by atoms with van der Waals surface area (Å²) in [4.78, 5) is 17.7. The molecule has 0 aliphatic carbocycles. The van der Waals surface area contributed by atoms with Gasteiger partial charge in [0.1, 0.15) is 5.75 Å². The van der Waals surface area contributed by atoms with E-state index >= 15 is 0 Å². The first-order valence-corrected chi connectivity index (χ1v) is 9.49. The van der Waals surface area contributed by atoms with E-state index < -0.39 is 0 Å². The van der Waals surface area contributed by atoms with Crippen LogP contribution in [0.15, 0.2) is 60.2 Å². The van der Waals surface area contributed by atoms with Gasteiger partial charge >= 0.3 is 0 Å². The zero-order valence-corrected chi connectivity index (χ0v) is 15.9. The summed E-state index contributed by atoms with van der Waals surface area (Å²) < 4.78 is 7.70. The lowest BCUT2D eigenvalue weighted by atomic mass is 10.1. The molecule has 6 heteroatoms. The number of ether oxygens (including phenoxy) is 1. The summed E-state index contributed by atoms with van der Waals surface area (Å²) in [6.45, 7) is 3.92. The molecule has 27 heavy (non-hydrogen) atoms. The maximum atomic E-state index is 12.2. The number of fused-ring (bicyclic) bond motifs is 1. The number of imidazole rings is 1. The zero-order valence-electron chi connectivity index (χ0n) is 15.1. The molecular weight excluding hydrogens is 358 g/mol. The largest absolute Gasteiger partial charge is 0.483 e. The Kier molecular flexibility index (Phi) is 4.64. The molecule has 4 rings (SSSR count). The summed E-state index contributed by atoms with van der Waals surface area (Å²) in [6, 6.07) is 13.6. The summed E-state index contributed by atoms with van der Waals surface area (Å²) in [7, 11) is 0. The SMILES string of the molecule is Cc1cccc(C)c1OCC(=O)Nc1ccc(-c2cn3ccsc3n2)cc1. The Balaban J connectivity index is 1.39. The maximum absolute atomic E-state index is 12.2. The van der Waals surface area contributed by atoms with Crippen molar-refractivity contribution in [3.63, 3.8) is 0 Å². The molecule has 0 aliphatic rings. The molecule has 0 radical (unpaired) electrons. The first-order valence-electron chi connectivity index (χ1n) is 8.61. The highest BCUT2D eigenvalue weighted by molar-refractivity contribution is 7.15. The van der Waals surface area contributed by atoms with Gasteiger partial charge in [0.15, 0.2) is 11.6 Å².